The molecule has 1 aromatic carbocycles. The normalized spacial score (nSPS) is 10.9. The largest absolute Gasteiger partial charge is 0.497 e. The molecule has 0 saturated carbocycles. The number of amides is 1. The lowest BCUT2D eigenvalue weighted by Gasteiger charge is -2.10. The zero-order valence-corrected chi connectivity index (χ0v) is 17.5. The van der Waals surface area contributed by atoms with Gasteiger partial charge in [-0.2, -0.15) is 0 Å². The van der Waals surface area contributed by atoms with E-state index in [2.05, 4.69) is 29.1 Å². The van der Waals surface area contributed by atoms with Crippen molar-refractivity contribution in [3.05, 3.63) is 34.5 Å². The molecule has 0 unspecified atom stereocenters. The van der Waals surface area contributed by atoms with Crippen LogP contribution in [0.4, 0.5) is 5.69 Å². The number of anilines is 1. The van der Waals surface area contributed by atoms with E-state index >= 15 is 0 Å². The first-order valence-corrected chi connectivity index (χ1v) is 10.1. The van der Waals surface area contributed by atoms with Crippen molar-refractivity contribution in [3.8, 4) is 11.5 Å². The van der Waals surface area contributed by atoms with E-state index in [1.165, 1.54) is 22.2 Å². The zero-order valence-electron chi connectivity index (χ0n) is 15.9. The zero-order chi connectivity index (χ0) is 19.6. The van der Waals surface area contributed by atoms with E-state index in [1.54, 1.807) is 43.8 Å². The SMILES string of the molecule is COc1cc(NC(=O)CSc2nc(C)nc3sc(C)c(C)c23)cc(OC)c1. The molecule has 27 heavy (non-hydrogen) atoms. The molecule has 3 rings (SSSR count). The Morgan fingerprint density at radius 3 is 2.41 bits per heavy atom. The second kappa shape index (κ2) is 8.14. The smallest absolute Gasteiger partial charge is 0.234 e. The first-order valence-electron chi connectivity index (χ1n) is 8.31. The third-order valence-corrected chi connectivity index (χ3v) is 6.16. The Balaban J connectivity index is 1.76. The highest BCUT2D eigenvalue weighted by molar-refractivity contribution is 8.00. The van der Waals surface area contributed by atoms with Crippen LogP contribution in [0.15, 0.2) is 23.2 Å². The van der Waals surface area contributed by atoms with Gasteiger partial charge in [0, 0.05) is 34.1 Å². The summed E-state index contributed by atoms with van der Waals surface area (Å²) < 4.78 is 10.5. The summed E-state index contributed by atoms with van der Waals surface area (Å²) in [6.07, 6.45) is 0. The van der Waals surface area contributed by atoms with E-state index in [9.17, 15) is 4.79 Å². The van der Waals surface area contributed by atoms with E-state index in [1.807, 2.05) is 6.92 Å². The maximum atomic E-state index is 12.4. The van der Waals surface area contributed by atoms with Gasteiger partial charge in [-0.05, 0) is 26.3 Å². The summed E-state index contributed by atoms with van der Waals surface area (Å²) in [7, 11) is 3.15. The van der Waals surface area contributed by atoms with Gasteiger partial charge in [-0.25, -0.2) is 9.97 Å². The molecule has 0 aliphatic rings. The van der Waals surface area contributed by atoms with Crippen LogP contribution in [0.5, 0.6) is 11.5 Å². The highest BCUT2D eigenvalue weighted by Crippen LogP contribution is 2.35. The fourth-order valence-corrected chi connectivity index (χ4v) is 4.70. The number of carbonyl (C=O) groups is 1. The number of aryl methyl sites for hydroxylation is 3. The van der Waals surface area contributed by atoms with E-state index in [0.29, 0.717) is 23.0 Å². The maximum absolute atomic E-state index is 12.4. The van der Waals surface area contributed by atoms with Gasteiger partial charge in [0.25, 0.3) is 0 Å². The Labute approximate surface area is 166 Å². The standard InChI is InChI=1S/C19H21N3O3S2/c1-10-11(2)27-19-17(10)18(20-12(3)21-19)26-9-16(23)22-13-6-14(24-4)8-15(7-13)25-5/h6-8H,9H2,1-5H3,(H,22,23). The molecule has 0 spiro atoms. The van der Waals surface area contributed by atoms with Crippen molar-refractivity contribution in [1.29, 1.82) is 0 Å². The van der Waals surface area contributed by atoms with Crippen LogP contribution in [-0.4, -0.2) is 35.8 Å². The minimum atomic E-state index is -0.121. The molecule has 8 heteroatoms. The Kier molecular flexibility index (Phi) is 5.86. The molecule has 0 radical (unpaired) electrons. The van der Waals surface area contributed by atoms with Gasteiger partial charge in [-0.15, -0.1) is 11.3 Å². The maximum Gasteiger partial charge on any atom is 0.234 e. The first kappa shape index (κ1) is 19.4. The van der Waals surface area contributed by atoms with Gasteiger partial charge in [0.2, 0.25) is 5.91 Å². The van der Waals surface area contributed by atoms with Crippen LogP contribution in [0, 0.1) is 20.8 Å². The van der Waals surface area contributed by atoms with Crippen LogP contribution in [0.1, 0.15) is 16.3 Å². The summed E-state index contributed by atoms with van der Waals surface area (Å²) >= 11 is 3.08. The molecule has 3 aromatic rings. The number of fused-ring (bicyclic) bond motifs is 1. The number of rotatable bonds is 6. The number of hydrogen-bond donors (Lipinski definition) is 1. The second-order valence-electron chi connectivity index (χ2n) is 5.98. The van der Waals surface area contributed by atoms with Gasteiger partial charge in [0.05, 0.1) is 20.0 Å². The summed E-state index contributed by atoms with van der Waals surface area (Å²) in [6, 6.07) is 5.27. The Morgan fingerprint density at radius 1 is 1.11 bits per heavy atom. The van der Waals surface area contributed by atoms with Crippen LogP contribution in [0.25, 0.3) is 10.2 Å². The van der Waals surface area contributed by atoms with Crippen molar-refractivity contribution in [2.45, 2.75) is 25.8 Å². The summed E-state index contributed by atoms with van der Waals surface area (Å²) in [5.74, 6) is 2.08. The molecule has 0 atom stereocenters. The van der Waals surface area contributed by atoms with Crippen LogP contribution < -0.4 is 14.8 Å². The number of nitrogens with zero attached hydrogens (tertiary/aromatic N) is 2. The quantitative estimate of drug-likeness (QED) is 0.487. The monoisotopic (exact) mass is 403 g/mol. The molecule has 0 aliphatic heterocycles. The molecule has 6 nitrogen and oxygen atoms in total. The van der Waals surface area contributed by atoms with Crippen LogP contribution in [0.3, 0.4) is 0 Å². The Morgan fingerprint density at radius 2 is 1.78 bits per heavy atom. The number of benzene rings is 1. The predicted octanol–water partition coefficient (Wildman–Crippen LogP) is 4.36. The molecule has 142 valence electrons. The number of thiophene rings is 1. The number of methoxy groups -OCH3 is 2. The summed E-state index contributed by atoms with van der Waals surface area (Å²) in [4.78, 5) is 23.7. The lowest BCUT2D eigenvalue weighted by atomic mass is 10.2. The van der Waals surface area contributed by atoms with Crippen molar-refractivity contribution in [2.75, 3.05) is 25.3 Å². The van der Waals surface area contributed by atoms with Crippen molar-refractivity contribution in [3.63, 3.8) is 0 Å². The van der Waals surface area contributed by atoms with Gasteiger partial charge in [0.15, 0.2) is 0 Å². The molecule has 0 saturated heterocycles. The Hall–Kier alpha value is -2.32. The molecule has 0 aliphatic carbocycles. The molecule has 1 N–H and O–H groups in total. The average Bonchev–Trinajstić information content (AvgIpc) is 2.93. The minimum absolute atomic E-state index is 0.121. The molecule has 0 bridgehead atoms. The van der Waals surface area contributed by atoms with Gasteiger partial charge < -0.3 is 14.8 Å². The number of aromatic nitrogens is 2. The second-order valence-corrected chi connectivity index (χ2v) is 8.14. The van der Waals surface area contributed by atoms with Gasteiger partial charge >= 0.3 is 0 Å². The lowest BCUT2D eigenvalue weighted by molar-refractivity contribution is -0.113. The Bertz CT molecular complexity index is 979. The topological polar surface area (TPSA) is 73.3 Å². The van der Waals surface area contributed by atoms with E-state index < -0.39 is 0 Å². The number of carbonyl (C=O) groups excluding carboxylic acids is 1. The lowest BCUT2D eigenvalue weighted by Crippen LogP contribution is -2.14. The number of ether oxygens (including phenoxy) is 2. The van der Waals surface area contributed by atoms with E-state index in [0.717, 1.165) is 15.2 Å². The van der Waals surface area contributed by atoms with Gasteiger partial charge in [-0.3, -0.25) is 4.79 Å². The van der Waals surface area contributed by atoms with E-state index in [4.69, 9.17) is 9.47 Å². The van der Waals surface area contributed by atoms with Gasteiger partial charge in [0.1, 0.15) is 27.2 Å². The summed E-state index contributed by atoms with van der Waals surface area (Å²) in [5, 5.41) is 4.77. The molecule has 2 aromatic heterocycles. The third kappa shape index (κ3) is 4.33. The van der Waals surface area contributed by atoms with Crippen molar-refractivity contribution >= 4 is 44.9 Å². The van der Waals surface area contributed by atoms with Crippen LogP contribution in [-0.2, 0) is 4.79 Å². The first-order chi connectivity index (χ1) is 12.9. The summed E-state index contributed by atoms with van der Waals surface area (Å²) in [5.41, 5.74) is 1.80. The van der Waals surface area contributed by atoms with Crippen LogP contribution >= 0.6 is 23.1 Å². The van der Waals surface area contributed by atoms with Crippen molar-refractivity contribution in [1.82, 2.24) is 9.97 Å². The summed E-state index contributed by atoms with van der Waals surface area (Å²) in [6.45, 7) is 6.02. The molecule has 1 amide bonds. The van der Waals surface area contributed by atoms with Crippen molar-refractivity contribution in [2.24, 2.45) is 0 Å². The van der Waals surface area contributed by atoms with Gasteiger partial charge in [-0.1, -0.05) is 11.8 Å². The molecule has 0 fully saturated rings. The number of hydrogen-bond acceptors (Lipinski definition) is 7. The fourth-order valence-electron chi connectivity index (χ4n) is 2.63. The van der Waals surface area contributed by atoms with E-state index in [-0.39, 0.29) is 11.7 Å². The molecular weight excluding hydrogens is 382 g/mol. The molecular formula is C19H21N3O3S2. The minimum Gasteiger partial charge on any atom is -0.497 e. The highest BCUT2D eigenvalue weighted by atomic mass is 32.2. The number of thioether (sulfide) groups is 1. The predicted molar refractivity (Wildman–Crippen MR) is 111 cm³/mol. The van der Waals surface area contributed by atoms with Crippen LogP contribution in [0.2, 0.25) is 0 Å². The van der Waals surface area contributed by atoms with Crippen molar-refractivity contribution < 1.29 is 14.3 Å². The fraction of sp³-hybridized carbons (Fsp3) is 0.316. The third-order valence-electron chi connectivity index (χ3n) is 4.08. The molecule has 2 heterocycles. The highest BCUT2D eigenvalue weighted by Gasteiger charge is 2.15. The number of nitrogens with one attached hydrogen (secondary N) is 1. The average molecular weight is 404 g/mol.